The predicted octanol–water partition coefficient (Wildman–Crippen LogP) is 9.43. The van der Waals surface area contributed by atoms with Crippen LogP contribution >= 0.6 is 0 Å². The standard InChI is InChI=1S/C59H83N3O11/c1-9-11-13-27-58(28-14-12-10-2)71-48-45-33-59(54(67)60-34-39-16-15-17-41(31-39)52(65)61-42(36-63)23-25-47(64)70-55(3,4)5)50(53(66)68-45)62(73-51(59)49(48)72-58)35-38-20-18-37(19-21-38)30-40-22-24-46-57(8,69-46)29-26-44-43(40)32-56(44,6)7/h15-21,30-31,42-46,48-51,63H,9-14,22-29,32-36H2,1-8H3,(H,60,67)(H,61,65)/t42-,43+,44+,45?,46?,48-,49-,50-,51+,57+,59?/m0/s1. The number of hydrogen-bond donors (Lipinski definition) is 3. The molecule has 0 spiro atoms. The lowest BCUT2D eigenvalue weighted by Crippen LogP contribution is -2.69. The van der Waals surface area contributed by atoms with E-state index in [1.807, 2.05) is 6.07 Å². The Morgan fingerprint density at radius 3 is 2.33 bits per heavy atom. The van der Waals surface area contributed by atoms with Gasteiger partial charge in [-0.3, -0.25) is 24.0 Å². The number of fused-ring (bicyclic) bond motifs is 6. The maximum absolute atomic E-state index is 15.3. The number of carbonyl (C=O) groups is 4. The van der Waals surface area contributed by atoms with Gasteiger partial charge in [0.2, 0.25) is 5.91 Å². The van der Waals surface area contributed by atoms with E-state index in [4.69, 9.17) is 28.5 Å². The van der Waals surface area contributed by atoms with E-state index in [9.17, 15) is 19.5 Å². The summed E-state index contributed by atoms with van der Waals surface area (Å²) < 4.78 is 32.1. The molecular formula is C59H83N3O11. The van der Waals surface area contributed by atoms with Crippen LogP contribution in [0.2, 0.25) is 0 Å². The van der Waals surface area contributed by atoms with E-state index in [-0.39, 0.29) is 50.5 Å². The lowest BCUT2D eigenvalue weighted by molar-refractivity contribution is -0.224. The Morgan fingerprint density at radius 2 is 1.64 bits per heavy atom. The van der Waals surface area contributed by atoms with Crippen molar-refractivity contribution in [1.29, 1.82) is 0 Å². The first kappa shape index (κ1) is 53.6. The van der Waals surface area contributed by atoms with Crippen LogP contribution in [0, 0.1) is 22.7 Å². The molecule has 4 heterocycles. The minimum absolute atomic E-state index is 0.0311. The minimum atomic E-state index is -1.37. The van der Waals surface area contributed by atoms with Crippen molar-refractivity contribution < 1.29 is 52.8 Å². The molecule has 400 valence electrons. The summed E-state index contributed by atoms with van der Waals surface area (Å²) in [5.74, 6) is -1.38. The van der Waals surface area contributed by atoms with Gasteiger partial charge in [-0.1, -0.05) is 101 Å². The van der Waals surface area contributed by atoms with Crippen LogP contribution in [0.1, 0.15) is 185 Å². The Kier molecular flexibility index (Phi) is 15.8. The second-order valence-electron chi connectivity index (χ2n) is 24.4. The van der Waals surface area contributed by atoms with Crippen molar-refractivity contribution >= 4 is 29.8 Å². The topological polar surface area (TPSA) is 174 Å². The second-order valence-corrected chi connectivity index (χ2v) is 24.4. The van der Waals surface area contributed by atoms with Gasteiger partial charge in [-0.25, -0.2) is 0 Å². The molecular weight excluding hydrogens is 927 g/mol. The summed E-state index contributed by atoms with van der Waals surface area (Å²) in [6.07, 6.45) is 13.3. The van der Waals surface area contributed by atoms with Gasteiger partial charge in [0.05, 0.1) is 30.9 Å². The number of rotatable bonds is 20. The zero-order valence-corrected chi connectivity index (χ0v) is 44.8. The molecule has 3 aliphatic carbocycles. The van der Waals surface area contributed by atoms with E-state index in [2.05, 4.69) is 75.6 Å². The fourth-order valence-electron chi connectivity index (χ4n) is 13.3. The number of nitrogens with one attached hydrogen (secondary N) is 2. The van der Waals surface area contributed by atoms with Crippen molar-refractivity contribution in [1.82, 2.24) is 15.7 Å². The lowest BCUT2D eigenvalue weighted by Gasteiger charge is -2.53. The zero-order valence-electron chi connectivity index (χ0n) is 44.8. The molecule has 7 aliphatic rings. The number of nitrogens with zero attached hydrogens (tertiary/aromatic N) is 1. The summed E-state index contributed by atoms with van der Waals surface area (Å²) in [4.78, 5) is 62.6. The van der Waals surface area contributed by atoms with Crippen molar-refractivity contribution in [3.05, 3.63) is 76.4 Å². The molecule has 11 atom stereocenters. The molecule has 3 unspecified atom stereocenters. The Labute approximate surface area is 433 Å². The average molecular weight is 1010 g/mol. The Morgan fingerprint density at radius 1 is 0.918 bits per heavy atom. The van der Waals surface area contributed by atoms with E-state index in [1.165, 1.54) is 18.4 Å². The molecule has 4 saturated heterocycles. The van der Waals surface area contributed by atoms with Crippen LogP contribution in [0.25, 0.3) is 6.08 Å². The number of hydroxylamine groups is 2. The van der Waals surface area contributed by atoms with Crippen LogP contribution in [0.5, 0.6) is 0 Å². The van der Waals surface area contributed by atoms with Crippen LogP contribution in [0.15, 0.2) is 54.1 Å². The van der Waals surface area contributed by atoms with Gasteiger partial charge in [-0.15, -0.1) is 0 Å². The molecule has 2 aromatic rings. The average Bonchev–Trinajstić information content (AvgIpc) is 3.62. The van der Waals surface area contributed by atoms with Gasteiger partial charge in [0.25, 0.3) is 5.91 Å². The van der Waals surface area contributed by atoms with Gasteiger partial charge in [0, 0.05) is 37.8 Å². The first-order valence-electron chi connectivity index (χ1n) is 27.8. The molecule has 0 radical (unpaired) electrons. The summed E-state index contributed by atoms with van der Waals surface area (Å²) in [5, 5.41) is 17.7. The van der Waals surface area contributed by atoms with E-state index >= 15 is 4.79 Å². The largest absolute Gasteiger partial charge is 0.460 e. The number of amides is 2. The SMILES string of the molecule is CCCCCC1(CCCCC)O[C@@H]2[C@H]3ON(Cc4ccc(C=C5CCC6O[C@]6(C)CC[C@@H]6[C@@H]5CC6(C)C)cc4)[C@H]4C(=O)OC(CC34C(=O)NCc3cccc(C(=O)N[C@H](CO)CCC(=O)OC(C)(C)C)c3)[C@@H]2O1. The highest BCUT2D eigenvalue weighted by Crippen LogP contribution is 2.61. The zero-order chi connectivity index (χ0) is 51.9. The summed E-state index contributed by atoms with van der Waals surface area (Å²) in [6, 6.07) is 13.7. The number of benzene rings is 2. The molecule has 14 heteroatoms. The third-order valence-electron chi connectivity index (χ3n) is 17.4. The third kappa shape index (κ3) is 11.4. The number of esters is 2. The highest BCUT2D eigenvalue weighted by Gasteiger charge is 2.76. The van der Waals surface area contributed by atoms with E-state index in [0.29, 0.717) is 47.3 Å². The molecule has 3 saturated carbocycles. The van der Waals surface area contributed by atoms with Crippen LogP contribution in [0.3, 0.4) is 0 Å². The van der Waals surface area contributed by atoms with Crippen LogP contribution in [-0.2, 0) is 56.0 Å². The molecule has 73 heavy (non-hydrogen) atoms. The Balaban J connectivity index is 0.946. The number of ether oxygens (including phenoxy) is 5. The van der Waals surface area contributed by atoms with E-state index < -0.39 is 71.1 Å². The van der Waals surface area contributed by atoms with Crippen LogP contribution < -0.4 is 10.6 Å². The number of aliphatic hydroxyl groups excluding tert-OH is 1. The lowest BCUT2D eigenvalue weighted by atomic mass is 9.52. The number of carbonyl (C=O) groups excluding carboxylic acids is 4. The molecule has 3 N–H and O–H groups in total. The Hall–Kier alpha value is -4.18. The highest BCUT2D eigenvalue weighted by molar-refractivity contribution is 5.95. The van der Waals surface area contributed by atoms with Gasteiger partial charge >= 0.3 is 11.9 Å². The molecule has 2 bridgehead atoms. The monoisotopic (exact) mass is 1010 g/mol. The third-order valence-corrected chi connectivity index (χ3v) is 17.4. The van der Waals surface area contributed by atoms with Crippen molar-refractivity contribution in [2.75, 3.05) is 6.61 Å². The summed E-state index contributed by atoms with van der Waals surface area (Å²) >= 11 is 0. The quantitative estimate of drug-likeness (QED) is 0.0653. The molecule has 7 fully saturated rings. The molecule has 4 aliphatic heterocycles. The Bertz CT molecular complexity index is 2350. The molecule has 0 aromatic heterocycles. The van der Waals surface area contributed by atoms with Crippen LogP contribution in [0.4, 0.5) is 0 Å². The van der Waals surface area contributed by atoms with Crippen molar-refractivity contribution in [3.8, 4) is 0 Å². The number of allylic oxidation sites excluding steroid dienone is 1. The number of hydrogen-bond acceptors (Lipinski definition) is 12. The number of unbranched alkanes of at least 4 members (excludes halogenated alkanes) is 4. The smallest absolute Gasteiger partial charge is 0.327 e. The van der Waals surface area contributed by atoms with Crippen molar-refractivity contribution in [2.24, 2.45) is 22.7 Å². The number of aliphatic hydroxyl groups is 1. The van der Waals surface area contributed by atoms with Gasteiger partial charge in [0.15, 0.2) is 11.8 Å². The molecule has 2 amide bonds. The van der Waals surface area contributed by atoms with Gasteiger partial charge in [0.1, 0.15) is 35.4 Å². The summed E-state index contributed by atoms with van der Waals surface area (Å²) in [5.41, 5.74) is 2.92. The molecule has 14 nitrogen and oxygen atoms in total. The fraction of sp³-hybridized carbons (Fsp3) is 0.695. The molecule has 2 aromatic carbocycles. The molecule has 9 rings (SSSR count). The predicted molar refractivity (Wildman–Crippen MR) is 275 cm³/mol. The van der Waals surface area contributed by atoms with E-state index in [1.54, 1.807) is 44.0 Å². The van der Waals surface area contributed by atoms with E-state index in [0.717, 1.165) is 68.9 Å². The summed E-state index contributed by atoms with van der Waals surface area (Å²) in [7, 11) is 0. The van der Waals surface area contributed by atoms with Crippen molar-refractivity contribution in [3.63, 3.8) is 0 Å². The van der Waals surface area contributed by atoms with Gasteiger partial charge in [-0.05, 0) is 125 Å². The first-order valence-corrected chi connectivity index (χ1v) is 27.8. The van der Waals surface area contributed by atoms with Crippen molar-refractivity contribution in [2.45, 2.75) is 231 Å². The second kappa shape index (κ2) is 21.4. The fourth-order valence-corrected chi connectivity index (χ4v) is 13.3. The van der Waals surface area contributed by atoms with Gasteiger partial charge in [-0.2, -0.15) is 5.06 Å². The normalized spacial score (nSPS) is 32.6. The van der Waals surface area contributed by atoms with Gasteiger partial charge < -0.3 is 39.4 Å². The maximum Gasteiger partial charge on any atom is 0.327 e. The van der Waals surface area contributed by atoms with Crippen LogP contribution in [-0.4, -0.2) is 100 Å². The summed E-state index contributed by atoms with van der Waals surface area (Å²) in [6.45, 7) is 16.8. The minimum Gasteiger partial charge on any atom is -0.460 e. The first-order chi connectivity index (χ1) is 34.8. The maximum atomic E-state index is 15.3. The highest BCUT2D eigenvalue weighted by atomic mass is 16.8. The number of epoxide rings is 1.